The highest BCUT2D eigenvalue weighted by atomic mass is 79.9. The van der Waals surface area contributed by atoms with Gasteiger partial charge in [-0.05, 0) is 33.6 Å². The first-order chi connectivity index (χ1) is 7.77. The summed E-state index contributed by atoms with van der Waals surface area (Å²) in [6.07, 6.45) is 1.70. The minimum Gasteiger partial charge on any atom is -0.378 e. The first-order valence-electron chi connectivity index (χ1n) is 4.77. The summed E-state index contributed by atoms with van der Waals surface area (Å²) >= 11 is 3.11. The van der Waals surface area contributed by atoms with Crippen LogP contribution < -0.4 is 5.73 Å². The first-order valence-corrected chi connectivity index (χ1v) is 5.57. The lowest BCUT2D eigenvalue weighted by atomic mass is 10.1. The number of halogens is 1. The van der Waals surface area contributed by atoms with Gasteiger partial charge < -0.3 is 5.73 Å². The number of nitrogens with two attached hydrogens (primary N) is 1. The van der Waals surface area contributed by atoms with Gasteiger partial charge in [-0.3, -0.25) is 0 Å². The zero-order valence-electron chi connectivity index (χ0n) is 8.47. The van der Waals surface area contributed by atoms with Crippen LogP contribution in [0.5, 0.6) is 0 Å². The van der Waals surface area contributed by atoms with Crippen LogP contribution in [-0.4, -0.2) is 9.73 Å². The molecule has 16 heavy (non-hydrogen) atoms. The van der Waals surface area contributed by atoms with Crippen molar-refractivity contribution in [1.82, 2.24) is 4.98 Å². The van der Waals surface area contributed by atoms with Gasteiger partial charge in [-0.15, -0.1) is 0 Å². The highest BCUT2D eigenvalue weighted by Crippen LogP contribution is 2.27. The number of rotatable bonds is 2. The smallest absolute Gasteiger partial charge is 0.169 e. The number of aliphatic imine (C=N–C) groups is 1. The number of aromatic nitrogens is 1. The molecule has 0 aliphatic carbocycles. The minimum atomic E-state index is 0.323. The van der Waals surface area contributed by atoms with E-state index in [0.717, 1.165) is 11.1 Å². The fraction of sp³-hybridized carbons (Fsp3) is 0. The first kappa shape index (κ1) is 10.8. The lowest BCUT2D eigenvalue weighted by molar-refractivity contribution is 1.27. The predicted molar refractivity (Wildman–Crippen MR) is 69.9 cm³/mol. The molecule has 0 saturated heterocycles. The number of amidine groups is 1. The lowest BCUT2D eigenvalue weighted by Gasteiger charge is -2.04. The van der Waals surface area contributed by atoms with Crippen molar-refractivity contribution in [3.8, 4) is 11.1 Å². The van der Waals surface area contributed by atoms with E-state index in [1.54, 1.807) is 6.20 Å². The van der Waals surface area contributed by atoms with Crippen LogP contribution >= 0.6 is 15.9 Å². The van der Waals surface area contributed by atoms with Gasteiger partial charge >= 0.3 is 0 Å². The number of hydrogen-bond acceptors (Lipinski definition) is 2. The van der Waals surface area contributed by atoms with Crippen LogP contribution in [0.2, 0.25) is 0 Å². The molecule has 0 spiro atoms. The summed E-state index contributed by atoms with van der Waals surface area (Å²) in [5.41, 5.74) is 7.53. The minimum absolute atomic E-state index is 0.323. The van der Waals surface area contributed by atoms with Gasteiger partial charge in [0, 0.05) is 11.8 Å². The Labute approximate surface area is 102 Å². The van der Waals surface area contributed by atoms with E-state index in [1.165, 1.54) is 0 Å². The molecule has 1 aromatic heterocycles. The standard InChI is InChI=1S/C12H10BrN3/c13-12(14)16-11-10(7-4-8-15-11)9-5-2-1-3-6-9/h1-8H,(H2,14,15,16). The van der Waals surface area contributed by atoms with Crippen molar-refractivity contribution in [1.29, 1.82) is 0 Å². The van der Waals surface area contributed by atoms with Gasteiger partial charge in [0.15, 0.2) is 10.6 Å². The van der Waals surface area contributed by atoms with Gasteiger partial charge in [-0.2, -0.15) is 0 Å². The van der Waals surface area contributed by atoms with Crippen LogP contribution in [0.4, 0.5) is 5.82 Å². The molecule has 0 bridgehead atoms. The summed E-state index contributed by atoms with van der Waals surface area (Å²) in [7, 11) is 0. The Morgan fingerprint density at radius 2 is 1.88 bits per heavy atom. The second-order valence-corrected chi connectivity index (χ2v) is 3.99. The van der Waals surface area contributed by atoms with E-state index < -0.39 is 0 Å². The van der Waals surface area contributed by atoms with Crippen molar-refractivity contribution >= 4 is 26.5 Å². The zero-order valence-corrected chi connectivity index (χ0v) is 10.1. The van der Waals surface area contributed by atoms with Crippen molar-refractivity contribution in [2.75, 3.05) is 0 Å². The third-order valence-corrected chi connectivity index (χ3v) is 2.26. The van der Waals surface area contributed by atoms with Gasteiger partial charge in [-0.1, -0.05) is 30.3 Å². The SMILES string of the molecule is NC(Br)=Nc1ncccc1-c1ccccc1. The van der Waals surface area contributed by atoms with Crippen molar-refractivity contribution in [3.05, 3.63) is 48.7 Å². The topological polar surface area (TPSA) is 51.3 Å². The Morgan fingerprint density at radius 1 is 1.12 bits per heavy atom. The summed E-state index contributed by atoms with van der Waals surface area (Å²) in [4.78, 5) is 8.33. The second kappa shape index (κ2) is 4.90. The number of benzene rings is 1. The van der Waals surface area contributed by atoms with E-state index in [1.807, 2.05) is 42.5 Å². The van der Waals surface area contributed by atoms with Crippen molar-refractivity contribution in [3.63, 3.8) is 0 Å². The molecule has 2 N–H and O–H groups in total. The Kier molecular flexibility index (Phi) is 3.31. The molecule has 0 fully saturated rings. The predicted octanol–water partition coefficient (Wildman–Crippen LogP) is 3.09. The van der Waals surface area contributed by atoms with E-state index in [2.05, 4.69) is 25.9 Å². The van der Waals surface area contributed by atoms with Crippen LogP contribution in [0.15, 0.2) is 53.7 Å². The third kappa shape index (κ3) is 2.46. The monoisotopic (exact) mass is 275 g/mol. The maximum Gasteiger partial charge on any atom is 0.169 e. The fourth-order valence-electron chi connectivity index (χ4n) is 1.43. The quantitative estimate of drug-likeness (QED) is 0.520. The highest BCUT2D eigenvalue weighted by Gasteiger charge is 2.04. The molecule has 0 aliphatic rings. The molecule has 2 aromatic rings. The van der Waals surface area contributed by atoms with Crippen molar-refractivity contribution in [2.24, 2.45) is 10.7 Å². The van der Waals surface area contributed by atoms with Crippen LogP contribution in [-0.2, 0) is 0 Å². The molecule has 0 amide bonds. The highest BCUT2D eigenvalue weighted by molar-refractivity contribution is 9.18. The van der Waals surface area contributed by atoms with Crippen molar-refractivity contribution in [2.45, 2.75) is 0 Å². The van der Waals surface area contributed by atoms with Crippen LogP contribution in [0.3, 0.4) is 0 Å². The molecule has 80 valence electrons. The third-order valence-electron chi connectivity index (χ3n) is 2.08. The number of nitrogens with zero attached hydrogens (tertiary/aromatic N) is 2. The lowest BCUT2D eigenvalue weighted by Crippen LogP contribution is -2.00. The van der Waals surface area contributed by atoms with Gasteiger partial charge in [0.1, 0.15) is 0 Å². The van der Waals surface area contributed by atoms with Crippen LogP contribution in [0.25, 0.3) is 11.1 Å². The van der Waals surface area contributed by atoms with Gasteiger partial charge in [-0.25, -0.2) is 9.98 Å². The Morgan fingerprint density at radius 3 is 2.56 bits per heavy atom. The maximum atomic E-state index is 5.50. The molecule has 0 atom stereocenters. The van der Waals surface area contributed by atoms with Crippen LogP contribution in [0, 0.1) is 0 Å². The fourth-order valence-corrected chi connectivity index (χ4v) is 1.60. The Hall–Kier alpha value is -1.68. The van der Waals surface area contributed by atoms with Gasteiger partial charge in [0.2, 0.25) is 0 Å². The summed E-state index contributed by atoms with van der Waals surface area (Å²) in [5.74, 6) is 0.614. The van der Waals surface area contributed by atoms with E-state index >= 15 is 0 Å². The molecular weight excluding hydrogens is 266 g/mol. The Bertz CT molecular complexity index is 505. The van der Waals surface area contributed by atoms with Crippen LogP contribution in [0.1, 0.15) is 0 Å². The van der Waals surface area contributed by atoms with Crippen molar-refractivity contribution < 1.29 is 0 Å². The molecule has 0 radical (unpaired) electrons. The average Bonchev–Trinajstić information content (AvgIpc) is 2.30. The maximum absolute atomic E-state index is 5.50. The molecule has 2 rings (SSSR count). The molecule has 1 aromatic carbocycles. The number of hydrogen-bond donors (Lipinski definition) is 1. The van der Waals surface area contributed by atoms with Gasteiger partial charge in [0.25, 0.3) is 0 Å². The Balaban J connectivity index is 2.53. The average molecular weight is 276 g/mol. The summed E-state index contributed by atoms with van der Waals surface area (Å²) in [6.45, 7) is 0. The molecular formula is C12H10BrN3. The molecule has 4 heteroatoms. The molecule has 0 unspecified atom stereocenters. The summed E-state index contributed by atoms with van der Waals surface area (Å²) < 4.78 is 0.323. The molecule has 1 heterocycles. The summed E-state index contributed by atoms with van der Waals surface area (Å²) in [6, 6.07) is 13.8. The van der Waals surface area contributed by atoms with E-state index in [-0.39, 0.29) is 0 Å². The number of pyridine rings is 1. The molecule has 3 nitrogen and oxygen atoms in total. The van der Waals surface area contributed by atoms with E-state index in [0.29, 0.717) is 10.6 Å². The van der Waals surface area contributed by atoms with E-state index in [4.69, 9.17) is 5.73 Å². The largest absolute Gasteiger partial charge is 0.378 e. The van der Waals surface area contributed by atoms with Gasteiger partial charge in [0.05, 0.1) is 0 Å². The normalized spacial score (nSPS) is 11.4. The summed E-state index contributed by atoms with van der Waals surface area (Å²) in [5, 5.41) is 0. The second-order valence-electron chi connectivity index (χ2n) is 3.18. The van der Waals surface area contributed by atoms with E-state index in [9.17, 15) is 0 Å². The zero-order chi connectivity index (χ0) is 11.4. The molecule has 0 aliphatic heterocycles. The molecule has 0 saturated carbocycles.